The first-order chi connectivity index (χ1) is 18.9. The lowest BCUT2D eigenvalue weighted by atomic mass is 10.00. The van der Waals surface area contributed by atoms with Gasteiger partial charge in [0, 0.05) is 35.9 Å². The minimum atomic E-state index is -4.71. The summed E-state index contributed by atoms with van der Waals surface area (Å²) < 4.78 is 40.8. The van der Waals surface area contributed by atoms with Crippen molar-refractivity contribution in [3.8, 4) is 11.1 Å². The van der Waals surface area contributed by atoms with E-state index in [1.54, 1.807) is 37.4 Å². The van der Waals surface area contributed by atoms with Gasteiger partial charge >= 0.3 is 6.18 Å². The van der Waals surface area contributed by atoms with Gasteiger partial charge < -0.3 is 20.4 Å². The Morgan fingerprint density at radius 3 is 2.55 bits per heavy atom. The number of pyridine rings is 1. The number of hydrogen-bond acceptors (Lipinski definition) is 7. The van der Waals surface area contributed by atoms with Gasteiger partial charge in [-0.1, -0.05) is 17.7 Å². The van der Waals surface area contributed by atoms with E-state index in [0.717, 1.165) is 17.3 Å². The number of aromatic nitrogens is 3. The van der Waals surface area contributed by atoms with Crippen molar-refractivity contribution in [1.29, 1.82) is 0 Å². The SMILES string of the molecule is COn1c(=O)c(-c2cc(NC(=O)c3ccc(Cl)c(C(F)(F)F)c3)ccc2C)cc2cnc(NCCN(C)C)nc21. The van der Waals surface area contributed by atoms with Crippen molar-refractivity contribution in [2.45, 2.75) is 13.1 Å². The van der Waals surface area contributed by atoms with Gasteiger partial charge in [0.2, 0.25) is 5.95 Å². The van der Waals surface area contributed by atoms with Gasteiger partial charge in [-0.25, -0.2) is 4.98 Å². The first-order valence-corrected chi connectivity index (χ1v) is 12.4. The van der Waals surface area contributed by atoms with Crippen LogP contribution >= 0.6 is 11.6 Å². The quantitative estimate of drug-likeness (QED) is 0.314. The number of amides is 1. The fourth-order valence-electron chi connectivity index (χ4n) is 3.99. The van der Waals surface area contributed by atoms with Crippen LogP contribution in [0.4, 0.5) is 24.8 Å². The molecule has 0 radical (unpaired) electrons. The van der Waals surface area contributed by atoms with Gasteiger partial charge in [-0.15, -0.1) is 4.73 Å². The normalized spacial score (nSPS) is 11.6. The van der Waals surface area contributed by atoms with Crippen LogP contribution in [0.2, 0.25) is 5.02 Å². The number of fused-ring (bicyclic) bond motifs is 1. The van der Waals surface area contributed by atoms with Crippen molar-refractivity contribution in [3.63, 3.8) is 0 Å². The summed E-state index contributed by atoms with van der Waals surface area (Å²) >= 11 is 5.67. The second kappa shape index (κ2) is 11.5. The summed E-state index contributed by atoms with van der Waals surface area (Å²) in [7, 11) is 5.23. The Morgan fingerprint density at radius 1 is 1.12 bits per heavy atom. The minimum absolute atomic E-state index is 0.224. The van der Waals surface area contributed by atoms with Gasteiger partial charge in [-0.05, 0) is 68.5 Å². The maximum atomic E-state index is 13.4. The number of aryl methyl sites for hydroxylation is 1. The number of carbonyl (C=O) groups excluding carboxylic acids is 1. The summed E-state index contributed by atoms with van der Waals surface area (Å²) in [6.07, 6.45) is -3.15. The molecule has 0 aliphatic rings. The molecule has 13 heteroatoms. The zero-order valence-electron chi connectivity index (χ0n) is 22.1. The molecular weight excluding hydrogens is 549 g/mol. The molecular formula is C27H26ClF3N6O3. The molecule has 2 heterocycles. The lowest BCUT2D eigenvalue weighted by Crippen LogP contribution is -2.28. The molecule has 0 aliphatic heterocycles. The Balaban J connectivity index is 1.69. The van der Waals surface area contributed by atoms with Crippen LogP contribution < -0.4 is 21.0 Å². The van der Waals surface area contributed by atoms with Crippen LogP contribution in [0.1, 0.15) is 21.5 Å². The average molecular weight is 575 g/mol. The number of carbonyl (C=O) groups is 1. The van der Waals surface area contributed by atoms with Crippen molar-refractivity contribution in [2.75, 3.05) is 44.9 Å². The number of alkyl halides is 3. The number of benzene rings is 2. The summed E-state index contributed by atoms with van der Waals surface area (Å²) in [6, 6.07) is 9.37. The maximum Gasteiger partial charge on any atom is 0.417 e. The molecule has 2 aromatic heterocycles. The molecule has 4 rings (SSSR count). The summed E-state index contributed by atoms with van der Waals surface area (Å²) in [4.78, 5) is 42.4. The standard InChI is InChI=1S/C27H26ClF3N6O3/c1-15-5-7-18(34-24(38)16-6-8-22(28)21(12-16)27(29,30)31)13-19(15)20-11-17-14-33-26(32-9-10-36(2)3)35-23(17)37(40-4)25(20)39/h5-8,11-14H,9-10H2,1-4H3,(H,34,38)(H,32,33,35). The second-order valence-electron chi connectivity index (χ2n) is 9.22. The highest BCUT2D eigenvalue weighted by atomic mass is 35.5. The molecule has 2 N–H and O–H groups in total. The van der Waals surface area contributed by atoms with E-state index in [1.807, 2.05) is 19.0 Å². The smallest absolute Gasteiger partial charge is 0.412 e. The van der Waals surface area contributed by atoms with Crippen LogP contribution in [0.25, 0.3) is 22.2 Å². The molecule has 1 amide bonds. The number of hydrogen-bond donors (Lipinski definition) is 2. The van der Waals surface area contributed by atoms with Gasteiger partial charge in [-0.2, -0.15) is 18.2 Å². The fourth-order valence-corrected chi connectivity index (χ4v) is 4.21. The first-order valence-electron chi connectivity index (χ1n) is 12.0. The van der Waals surface area contributed by atoms with E-state index in [-0.39, 0.29) is 22.5 Å². The van der Waals surface area contributed by atoms with Crippen LogP contribution in [0.3, 0.4) is 0 Å². The lowest BCUT2D eigenvalue weighted by molar-refractivity contribution is -0.137. The predicted molar refractivity (Wildman–Crippen MR) is 148 cm³/mol. The molecule has 2 aromatic carbocycles. The number of nitrogens with zero attached hydrogens (tertiary/aromatic N) is 4. The average Bonchev–Trinajstić information content (AvgIpc) is 2.89. The van der Waals surface area contributed by atoms with Crippen molar-refractivity contribution < 1.29 is 22.8 Å². The van der Waals surface area contributed by atoms with Crippen LogP contribution in [0.15, 0.2) is 53.5 Å². The van der Waals surface area contributed by atoms with E-state index in [2.05, 4.69) is 20.6 Å². The Hall–Kier alpha value is -4.16. The van der Waals surface area contributed by atoms with Gasteiger partial charge in [-0.3, -0.25) is 9.59 Å². The Morgan fingerprint density at radius 2 is 1.88 bits per heavy atom. The molecule has 0 saturated heterocycles. The Kier molecular flexibility index (Phi) is 8.31. The van der Waals surface area contributed by atoms with E-state index in [9.17, 15) is 22.8 Å². The molecule has 9 nitrogen and oxygen atoms in total. The number of nitrogens with one attached hydrogen (secondary N) is 2. The highest BCUT2D eigenvalue weighted by Crippen LogP contribution is 2.35. The van der Waals surface area contributed by atoms with Crippen molar-refractivity contribution >= 4 is 40.2 Å². The van der Waals surface area contributed by atoms with E-state index in [1.165, 1.54) is 13.2 Å². The van der Waals surface area contributed by atoms with Gasteiger partial charge in [0.1, 0.15) is 7.11 Å². The molecule has 210 valence electrons. The third-order valence-corrected chi connectivity index (χ3v) is 6.38. The molecule has 0 spiro atoms. The number of likely N-dealkylation sites (N-methyl/N-ethyl adjacent to an activating group) is 1. The molecule has 0 aliphatic carbocycles. The van der Waals surface area contributed by atoms with Crippen LogP contribution in [-0.4, -0.2) is 59.8 Å². The van der Waals surface area contributed by atoms with E-state index < -0.39 is 28.2 Å². The summed E-state index contributed by atoms with van der Waals surface area (Å²) in [5, 5.41) is 5.72. The first kappa shape index (κ1) is 28.8. The fraction of sp³-hybridized carbons (Fsp3) is 0.259. The molecule has 4 aromatic rings. The van der Waals surface area contributed by atoms with E-state index in [4.69, 9.17) is 16.4 Å². The summed E-state index contributed by atoms with van der Waals surface area (Å²) in [5.74, 6) is -0.434. The zero-order valence-corrected chi connectivity index (χ0v) is 22.8. The van der Waals surface area contributed by atoms with Gasteiger partial charge in [0.15, 0.2) is 5.65 Å². The summed E-state index contributed by atoms with van der Waals surface area (Å²) in [5.41, 5.74) is 0.164. The zero-order chi connectivity index (χ0) is 29.2. The molecule has 0 atom stereocenters. The molecule has 0 unspecified atom stereocenters. The third-order valence-electron chi connectivity index (χ3n) is 6.05. The highest BCUT2D eigenvalue weighted by molar-refractivity contribution is 6.31. The van der Waals surface area contributed by atoms with Gasteiger partial charge in [0.05, 0.1) is 16.1 Å². The second-order valence-corrected chi connectivity index (χ2v) is 9.63. The Labute approximate surface area is 232 Å². The van der Waals surface area contributed by atoms with Crippen molar-refractivity contribution in [1.82, 2.24) is 19.6 Å². The van der Waals surface area contributed by atoms with E-state index in [0.29, 0.717) is 35.1 Å². The highest BCUT2D eigenvalue weighted by Gasteiger charge is 2.34. The third kappa shape index (κ3) is 6.18. The van der Waals surface area contributed by atoms with Crippen LogP contribution in [0.5, 0.6) is 0 Å². The number of rotatable bonds is 8. The predicted octanol–water partition coefficient (Wildman–Crippen LogP) is 4.72. The molecule has 0 saturated carbocycles. The Bertz CT molecular complexity index is 1640. The molecule has 40 heavy (non-hydrogen) atoms. The minimum Gasteiger partial charge on any atom is -0.412 e. The number of anilines is 2. The molecule has 0 bridgehead atoms. The van der Waals surface area contributed by atoms with Crippen LogP contribution in [0, 0.1) is 6.92 Å². The maximum absolute atomic E-state index is 13.4. The largest absolute Gasteiger partial charge is 0.417 e. The monoisotopic (exact) mass is 574 g/mol. The molecule has 0 fully saturated rings. The summed E-state index contributed by atoms with van der Waals surface area (Å²) in [6.45, 7) is 3.13. The van der Waals surface area contributed by atoms with Crippen LogP contribution in [-0.2, 0) is 6.18 Å². The van der Waals surface area contributed by atoms with Crippen molar-refractivity contribution in [3.05, 3.63) is 80.7 Å². The lowest BCUT2D eigenvalue weighted by Gasteiger charge is -2.15. The van der Waals surface area contributed by atoms with Gasteiger partial charge in [0.25, 0.3) is 11.5 Å². The number of halogens is 4. The topological polar surface area (TPSA) is 101 Å². The van der Waals surface area contributed by atoms with E-state index >= 15 is 0 Å². The van der Waals surface area contributed by atoms with Crippen molar-refractivity contribution in [2.24, 2.45) is 0 Å².